The van der Waals surface area contributed by atoms with E-state index < -0.39 is 0 Å². The summed E-state index contributed by atoms with van der Waals surface area (Å²) in [5.41, 5.74) is 12.6. The average Bonchev–Trinajstić information content (AvgIpc) is 3.11. The molecule has 1 aliphatic carbocycles. The van der Waals surface area contributed by atoms with Crippen LogP contribution in [-0.4, -0.2) is 26.7 Å². The van der Waals surface area contributed by atoms with Crippen molar-refractivity contribution < 1.29 is 0 Å². The van der Waals surface area contributed by atoms with E-state index in [1.54, 1.807) is 6.20 Å². The van der Waals surface area contributed by atoms with Gasteiger partial charge in [0.2, 0.25) is 0 Å². The van der Waals surface area contributed by atoms with Crippen LogP contribution >= 0.6 is 0 Å². The molecule has 0 radical (unpaired) electrons. The van der Waals surface area contributed by atoms with Gasteiger partial charge >= 0.3 is 0 Å². The van der Waals surface area contributed by atoms with Crippen LogP contribution in [0.25, 0.3) is 5.65 Å². The normalized spacial score (nSPS) is 20.0. The number of nitrogens with one attached hydrogen (secondary N) is 2. The summed E-state index contributed by atoms with van der Waals surface area (Å²) in [6.07, 6.45) is 7.99. The summed E-state index contributed by atoms with van der Waals surface area (Å²) in [7, 11) is 0. The molecule has 0 saturated heterocycles. The Morgan fingerprint density at radius 1 is 1.07 bits per heavy atom. The molecule has 2 heterocycles. The number of hydrogen-bond acceptors (Lipinski definition) is 5. The molecule has 142 valence electrons. The van der Waals surface area contributed by atoms with Crippen LogP contribution in [-0.2, 0) is 0 Å². The van der Waals surface area contributed by atoms with Gasteiger partial charge in [0.1, 0.15) is 0 Å². The number of aromatic nitrogens is 3. The summed E-state index contributed by atoms with van der Waals surface area (Å²) < 4.78 is 1.84. The molecule has 1 fully saturated rings. The highest BCUT2D eigenvalue weighted by molar-refractivity contribution is 5.80. The van der Waals surface area contributed by atoms with Gasteiger partial charge in [-0.2, -0.15) is 0 Å². The lowest BCUT2D eigenvalue weighted by Gasteiger charge is -2.28. The molecule has 3 aromatic rings. The molecule has 6 nitrogen and oxygen atoms in total. The molecule has 1 saturated carbocycles. The number of fused-ring (bicyclic) bond motifs is 1. The van der Waals surface area contributed by atoms with E-state index in [4.69, 9.17) is 10.8 Å². The Morgan fingerprint density at radius 2 is 1.85 bits per heavy atom. The van der Waals surface area contributed by atoms with Crippen molar-refractivity contribution in [1.29, 1.82) is 0 Å². The second kappa shape index (κ2) is 7.19. The summed E-state index contributed by atoms with van der Waals surface area (Å²) in [5.74, 6) is 0.910. The number of nitrogens with two attached hydrogens (primary N) is 1. The lowest BCUT2D eigenvalue weighted by atomic mass is 9.92. The van der Waals surface area contributed by atoms with E-state index in [1.807, 2.05) is 10.7 Å². The third-order valence-electron chi connectivity index (χ3n) is 5.67. The Morgan fingerprint density at radius 3 is 2.59 bits per heavy atom. The van der Waals surface area contributed by atoms with Gasteiger partial charge in [-0.1, -0.05) is 6.07 Å². The molecule has 0 unspecified atom stereocenters. The number of hydrogen-bond donors (Lipinski definition) is 3. The molecule has 1 aliphatic rings. The van der Waals surface area contributed by atoms with E-state index in [1.165, 1.54) is 11.1 Å². The zero-order chi connectivity index (χ0) is 19.0. The Bertz CT molecular complexity index is 953. The molecule has 0 aliphatic heterocycles. The van der Waals surface area contributed by atoms with Gasteiger partial charge in [0, 0.05) is 35.7 Å². The lowest BCUT2D eigenvalue weighted by Crippen LogP contribution is -2.33. The van der Waals surface area contributed by atoms with Crippen LogP contribution in [0.1, 0.15) is 42.4 Å². The topological polar surface area (TPSA) is 80.3 Å². The van der Waals surface area contributed by atoms with Gasteiger partial charge in [-0.05, 0) is 69.7 Å². The molecular formula is C21H28N6. The zero-order valence-corrected chi connectivity index (χ0v) is 16.3. The standard InChI is InChI=1S/C21H28N6/c1-13-4-7-18(12-14(13)2)24-19-15(3)20(26-27-11-10-23-21(19)27)25-17-8-5-16(22)6-9-17/h4,7,10-12,16-17,24H,5-6,8-9,22H2,1-3H3,(H,25,26). The molecule has 0 bridgehead atoms. The van der Waals surface area contributed by atoms with Crippen molar-refractivity contribution in [1.82, 2.24) is 14.6 Å². The highest BCUT2D eigenvalue weighted by atomic mass is 15.3. The maximum absolute atomic E-state index is 6.05. The zero-order valence-electron chi connectivity index (χ0n) is 16.3. The number of imidazole rings is 1. The van der Waals surface area contributed by atoms with Crippen LogP contribution in [0.2, 0.25) is 0 Å². The average molecular weight is 364 g/mol. The summed E-state index contributed by atoms with van der Waals surface area (Å²) in [4.78, 5) is 4.51. The molecule has 4 rings (SSSR count). The lowest BCUT2D eigenvalue weighted by molar-refractivity contribution is 0.410. The molecule has 4 N–H and O–H groups in total. The van der Waals surface area contributed by atoms with Gasteiger partial charge in [0.25, 0.3) is 0 Å². The quantitative estimate of drug-likeness (QED) is 0.650. The Balaban J connectivity index is 1.67. The van der Waals surface area contributed by atoms with Crippen LogP contribution in [0.15, 0.2) is 30.6 Å². The van der Waals surface area contributed by atoms with Crippen LogP contribution in [0.5, 0.6) is 0 Å². The number of rotatable bonds is 4. The van der Waals surface area contributed by atoms with E-state index >= 15 is 0 Å². The minimum Gasteiger partial charge on any atom is -0.366 e. The Hall–Kier alpha value is -2.60. The maximum atomic E-state index is 6.05. The van der Waals surface area contributed by atoms with E-state index in [9.17, 15) is 0 Å². The fraction of sp³-hybridized carbons (Fsp3) is 0.429. The third kappa shape index (κ3) is 3.62. The van der Waals surface area contributed by atoms with Gasteiger partial charge in [-0.15, -0.1) is 5.10 Å². The molecule has 0 amide bonds. The minimum absolute atomic E-state index is 0.343. The summed E-state index contributed by atoms with van der Waals surface area (Å²) in [6.45, 7) is 6.36. The fourth-order valence-corrected chi connectivity index (χ4v) is 3.73. The summed E-state index contributed by atoms with van der Waals surface area (Å²) in [5, 5.41) is 12.0. The summed E-state index contributed by atoms with van der Waals surface area (Å²) in [6, 6.07) is 7.19. The van der Waals surface area contributed by atoms with Crippen LogP contribution in [0.4, 0.5) is 17.2 Å². The predicted molar refractivity (Wildman–Crippen MR) is 111 cm³/mol. The van der Waals surface area contributed by atoms with E-state index in [0.29, 0.717) is 12.1 Å². The Kier molecular flexibility index (Phi) is 4.74. The first-order valence-electron chi connectivity index (χ1n) is 9.71. The highest BCUT2D eigenvalue weighted by Gasteiger charge is 2.21. The number of nitrogens with zero attached hydrogens (tertiary/aromatic N) is 3. The third-order valence-corrected chi connectivity index (χ3v) is 5.67. The van der Waals surface area contributed by atoms with Crippen molar-refractivity contribution in [2.75, 3.05) is 10.6 Å². The molecule has 2 aromatic heterocycles. The molecule has 0 atom stereocenters. The fourth-order valence-electron chi connectivity index (χ4n) is 3.73. The van der Waals surface area contributed by atoms with E-state index in [-0.39, 0.29) is 0 Å². The number of aryl methyl sites for hydroxylation is 2. The maximum Gasteiger partial charge on any atom is 0.177 e. The number of anilines is 3. The van der Waals surface area contributed by atoms with Crippen molar-refractivity contribution in [3.8, 4) is 0 Å². The monoisotopic (exact) mass is 364 g/mol. The van der Waals surface area contributed by atoms with Gasteiger partial charge in [-0.25, -0.2) is 9.50 Å². The first kappa shape index (κ1) is 17.8. The second-order valence-corrected chi connectivity index (χ2v) is 7.72. The van der Waals surface area contributed by atoms with Crippen molar-refractivity contribution >= 4 is 22.8 Å². The van der Waals surface area contributed by atoms with Gasteiger partial charge in [0.05, 0.1) is 5.69 Å². The second-order valence-electron chi connectivity index (χ2n) is 7.72. The van der Waals surface area contributed by atoms with Crippen LogP contribution in [0.3, 0.4) is 0 Å². The van der Waals surface area contributed by atoms with Crippen molar-refractivity contribution in [3.05, 3.63) is 47.3 Å². The van der Waals surface area contributed by atoms with E-state index in [2.05, 4.69) is 54.6 Å². The molecule has 27 heavy (non-hydrogen) atoms. The molecule has 6 heteroatoms. The van der Waals surface area contributed by atoms with Gasteiger partial charge in [-0.3, -0.25) is 0 Å². The van der Waals surface area contributed by atoms with Gasteiger partial charge in [0.15, 0.2) is 11.5 Å². The van der Waals surface area contributed by atoms with Crippen molar-refractivity contribution in [2.45, 2.75) is 58.5 Å². The predicted octanol–water partition coefficient (Wildman–Crippen LogP) is 4.08. The largest absolute Gasteiger partial charge is 0.366 e. The first-order chi connectivity index (χ1) is 13.0. The van der Waals surface area contributed by atoms with Gasteiger partial charge < -0.3 is 16.4 Å². The van der Waals surface area contributed by atoms with Crippen LogP contribution < -0.4 is 16.4 Å². The highest BCUT2D eigenvalue weighted by Crippen LogP contribution is 2.31. The van der Waals surface area contributed by atoms with Crippen molar-refractivity contribution in [2.24, 2.45) is 5.73 Å². The summed E-state index contributed by atoms with van der Waals surface area (Å²) >= 11 is 0. The number of benzene rings is 1. The molecule has 0 spiro atoms. The molecular weight excluding hydrogens is 336 g/mol. The Labute approximate surface area is 160 Å². The smallest absolute Gasteiger partial charge is 0.177 e. The SMILES string of the molecule is Cc1ccc(Nc2c(C)c(NC3CCC(N)CC3)nn3ccnc23)cc1C. The molecule has 1 aromatic carbocycles. The van der Waals surface area contributed by atoms with Crippen molar-refractivity contribution in [3.63, 3.8) is 0 Å². The first-order valence-corrected chi connectivity index (χ1v) is 9.71. The minimum atomic E-state index is 0.343. The van der Waals surface area contributed by atoms with Crippen LogP contribution in [0, 0.1) is 20.8 Å². The van der Waals surface area contributed by atoms with E-state index in [0.717, 1.165) is 54.1 Å².